The first kappa shape index (κ1) is 15.5. The smallest absolute Gasteiger partial charge is 0.102 e. The van der Waals surface area contributed by atoms with E-state index < -0.39 is 6.10 Å². The quantitative estimate of drug-likeness (QED) is 0.889. The molecule has 0 bridgehead atoms. The van der Waals surface area contributed by atoms with Gasteiger partial charge >= 0.3 is 0 Å². The Bertz CT molecular complexity index is 304. The lowest BCUT2D eigenvalue weighted by Gasteiger charge is -2.13. The number of aliphatic hydroxyl groups excluding tert-OH is 1. The van der Waals surface area contributed by atoms with Crippen molar-refractivity contribution in [2.45, 2.75) is 26.0 Å². The number of nitrogens with one attached hydrogen (secondary N) is 1. The molecule has 1 aromatic heterocycles. The van der Waals surface area contributed by atoms with Crippen molar-refractivity contribution in [3.63, 3.8) is 0 Å². The maximum Gasteiger partial charge on any atom is 0.102 e. The van der Waals surface area contributed by atoms with E-state index in [1.165, 1.54) is 11.3 Å². The highest BCUT2D eigenvalue weighted by atomic mass is 35.5. The Balaban J connectivity index is 0.00000196. The molecule has 1 heterocycles. The van der Waals surface area contributed by atoms with Crippen LogP contribution >= 0.6 is 46.9 Å². The van der Waals surface area contributed by atoms with Crippen LogP contribution in [-0.2, 0) is 0 Å². The van der Waals surface area contributed by atoms with Gasteiger partial charge in [-0.25, -0.2) is 0 Å². The van der Waals surface area contributed by atoms with Crippen LogP contribution in [0, 0.1) is 0 Å². The van der Waals surface area contributed by atoms with Gasteiger partial charge in [-0.05, 0) is 0 Å². The maximum atomic E-state index is 9.77. The molecule has 1 atom stereocenters. The van der Waals surface area contributed by atoms with Gasteiger partial charge in [0.2, 0.25) is 0 Å². The summed E-state index contributed by atoms with van der Waals surface area (Å²) in [7, 11) is 0. The molecule has 0 aliphatic heterocycles. The molecule has 15 heavy (non-hydrogen) atoms. The fraction of sp³-hybridized carbons (Fsp3) is 0.556. The molecule has 0 saturated heterocycles. The second-order valence-corrected chi connectivity index (χ2v) is 5.04. The summed E-state index contributed by atoms with van der Waals surface area (Å²) >= 11 is 13.1. The van der Waals surface area contributed by atoms with E-state index in [9.17, 15) is 5.11 Å². The predicted molar refractivity (Wildman–Crippen MR) is 69.7 cm³/mol. The van der Waals surface area contributed by atoms with Crippen LogP contribution in [-0.4, -0.2) is 17.7 Å². The van der Waals surface area contributed by atoms with Crippen molar-refractivity contribution in [3.8, 4) is 0 Å². The number of aliphatic hydroxyl groups is 1. The Hall–Kier alpha value is 0.490. The van der Waals surface area contributed by atoms with Crippen molar-refractivity contribution in [1.29, 1.82) is 0 Å². The number of hydrogen-bond donors (Lipinski definition) is 2. The van der Waals surface area contributed by atoms with Gasteiger partial charge in [0.05, 0.1) is 14.9 Å². The van der Waals surface area contributed by atoms with Crippen LogP contribution in [0.3, 0.4) is 0 Å². The number of halogens is 3. The maximum absolute atomic E-state index is 9.77. The molecule has 0 radical (unpaired) electrons. The van der Waals surface area contributed by atoms with Crippen LogP contribution in [0.4, 0.5) is 0 Å². The van der Waals surface area contributed by atoms with Crippen LogP contribution in [0.15, 0.2) is 5.38 Å². The van der Waals surface area contributed by atoms with Gasteiger partial charge in [0.1, 0.15) is 6.10 Å². The van der Waals surface area contributed by atoms with Gasteiger partial charge in [0.15, 0.2) is 0 Å². The Labute approximate surface area is 110 Å². The molecule has 0 spiro atoms. The first-order valence-electron chi connectivity index (χ1n) is 4.36. The summed E-state index contributed by atoms with van der Waals surface area (Å²) < 4.78 is 0. The molecular weight excluding hydrogens is 277 g/mol. The third kappa shape index (κ3) is 4.47. The Kier molecular flexibility index (Phi) is 7.17. The lowest BCUT2D eigenvalue weighted by molar-refractivity contribution is 0.175. The van der Waals surface area contributed by atoms with Crippen LogP contribution in [0.2, 0.25) is 10.0 Å². The molecule has 1 unspecified atom stereocenters. The van der Waals surface area contributed by atoms with Crippen molar-refractivity contribution in [1.82, 2.24) is 5.32 Å². The van der Waals surface area contributed by atoms with Gasteiger partial charge in [-0.3, -0.25) is 0 Å². The second-order valence-electron chi connectivity index (χ2n) is 3.34. The summed E-state index contributed by atoms with van der Waals surface area (Å²) in [6.45, 7) is 4.54. The highest BCUT2D eigenvalue weighted by Gasteiger charge is 2.16. The van der Waals surface area contributed by atoms with Crippen molar-refractivity contribution in [2.24, 2.45) is 0 Å². The minimum absolute atomic E-state index is 0. The number of rotatable bonds is 4. The molecule has 0 fully saturated rings. The van der Waals surface area contributed by atoms with Crippen molar-refractivity contribution in [3.05, 3.63) is 20.3 Å². The lowest BCUT2D eigenvalue weighted by atomic mass is 10.2. The van der Waals surface area contributed by atoms with Gasteiger partial charge < -0.3 is 10.4 Å². The van der Waals surface area contributed by atoms with Gasteiger partial charge in [-0.1, -0.05) is 37.0 Å². The molecular formula is C9H14Cl3NOS. The molecule has 88 valence electrons. The second kappa shape index (κ2) is 6.94. The minimum atomic E-state index is -0.581. The van der Waals surface area contributed by atoms with Gasteiger partial charge in [0, 0.05) is 18.0 Å². The molecule has 0 aromatic carbocycles. The summed E-state index contributed by atoms with van der Waals surface area (Å²) in [4.78, 5) is 0.727. The molecule has 0 aliphatic carbocycles. The van der Waals surface area contributed by atoms with E-state index in [4.69, 9.17) is 23.2 Å². The molecule has 0 saturated carbocycles. The first-order chi connectivity index (χ1) is 6.52. The standard InChI is InChI=1S/C9H13Cl2NOS.ClH/c1-5(2)12-3-7(13)9-8(11)6(10)4-14-9;/h4-5,7,12-13H,3H2,1-2H3;1H. The predicted octanol–water partition coefficient (Wildman–Crippen LogP) is 3.51. The van der Waals surface area contributed by atoms with Crippen molar-refractivity contribution in [2.75, 3.05) is 6.54 Å². The van der Waals surface area contributed by atoms with Crippen LogP contribution in [0.5, 0.6) is 0 Å². The molecule has 0 amide bonds. The Morgan fingerprint density at radius 1 is 1.47 bits per heavy atom. The topological polar surface area (TPSA) is 32.3 Å². The number of thiophene rings is 1. The highest BCUT2D eigenvalue weighted by Crippen LogP contribution is 2.35. The largest absolute Gasteiger partial charge is 0.386 e. The fourth-order valence-corrected chi connectivity index (χ4v) is 2.47. The minimum Gasteiger partial charge on any atom is -0.386 e. The van der Waals surface area contributed by atoms with Crippen molar-refractivity contribution < 1.29 is 5.11 Å². The average molecular weight is 291 g/mol. The molecule has 2 nitrogen and oxygen atoms in total. The number of hydrogen-bond acceptors (Lipinski definition) is 3. The summed E-state index contributed by atoms with van der Waals surface area (Å²) in [5, 5.41) is 15.6. The van der Waals surface area contributed by atoms with Gasteiger partial charge in [-0.15, -0.1) is 23.7 Å². The summed E-state index contributed by atoms with van der Waals surface area (Å²) in [5.41, 5.74) is 0. The molecule has 0 aliphatic rings. The normalized spacial score (nSPS) is 12.7. The summed E-state index contributed by atoms with van der Waals surface area (Å²) in [6, 6.07) is 0.346. The van der Waals surface area contributed by atoms with Crippen molar-refractivity contribution >= 4 is 46.9 Å². The third-order valence-corrected chi connectivity index (χ3v) is 3.86. The monoisotopic (exact) mass is 289 g/mol. The van der Waals surface area contributed by atoms with E-state index in [-0.39, 0.29) is 12.4 Å². The van der Waals surface area contributed by atoms with Crippen LogP contribution < -0.4 is 5.32 Å². The van der Waals surface area contributed by atoms with Gasteiger partial charge in [0.25, 0.3) is 0 Å². The van der Waals surface area contributed by atoms with E-state index in [1.54, 1.807) is 5.38 Å². The summed E-state index contributed by atoms with van der Waals surface area (Å²) in [6.07, 6.45) is -0.581. The van der Waals surface area contributed by atoms with E-state index in [0.29, 0.717) is 22.6 Å². The fourth-order valence-electron chi connectivity index (χ4n) is 1.00. The molecule has 1 aromatic rings. The SMILES string of the molecule is CC(C)NCC(O)c1scc(Cl)c1Cl.Cl. The molecule has 2 N–H and O–H groups in total. The lowest BCUT2D eigenvalue weighted by Crippen LogP contribution is -2.27. The zero-order valence-corrected chi connectivity index (χ0v) is 11.6. The first-order valence-corrected chi connectivity index (χ1v) is 5.99. The van der Waals surface area contributed by atoms with E-state index >= 15 is 0 Å². The van der Waals surface area contributed by atoms with Gasteiger partial charge in [-0.2, -0.15) is 0 Å². The van der Waals surface area contributed by atoms with E-state index in [2.05, 4.69) is 5.32 Å². The Morgan fingerprint density at radius 2 is 2.07 bits per heavy atom. The zero-order valence-electron chi connectivity index (χ0n) is 8.46. The molecule has 1 rings (SSSR count). The zero-order chi connectivity index (χ0) is 10.7. The highest BCUT2D eigenvalue weighted by molar-refractivity contribution is 7.11. The van der Waals surface area contributed by atoms with Crippen LogP contribution in [0.1, 0.15) is 24.8 Å². The summed E-state index contributed by atoms with van der Waals surface area (Å²) in [5.74, 6) is 0. The van der Waals surface area contributed by atoms with Crippen LogP contribution in [0.25, 0.3) is 0 Å². The Morgan fingerprint density at radius 3 is 2.47 bits per heavy atom. The third-order valence-electron chi connectivity index (χ3n) is 1.74. The molecule has 6 heteroatoms. The van der Waals surface area contributed by atoms with E-state index in [1.807, 2.05) is 13.8 Å². The van der Waals surface area contributed by atoms with E-state index in [0.717, 1.165) is 4.88 Å². The average Bonchev–Trinajstić information content (AvgIpc) is 2.44.